The van der Waals surface area contributed by atoms with Gasteiger partial charge >= 0.3 is 0 Å². The number of unbranched alkanes of at least 4 members (excludes halogenated alkanes) is 1. The number of aromatic nitrogens is 2. The SMILES string of the molecule is Cc1ccc(-n2cc(C(=O)NCCCCN)c(C(C)(C)C)n2)cc1.Cl. The van der Waals surface area contributed by atoms with E-state index in [1.807, 2.05) is 37.4 Å². The first-order valence-electron chi connectivity index (χ1n) is 8.48. The van der Waals surface area contributed by atoms with Gasteiger partial charge in [0.05, 0.1) is 16.9 Å². The molecule has 0 unspecified atom stereocenters. The summed E-state index contributed by atoms with van der Waals surface area (Å²) in [4.78, 5) is 12.6. The van der Waals surface area contributed by atoms with Gasteiger partial charge in [0, 0.05) is 18.2 Å². The number of rotatable bonds is 6. The Bertz CT molecular complexity index is 686. The van der Waals surface area contributed by atoms with Crippen LogP contribution >= 0.6 is 12.4 Å². The van der Waals surface area contributed by atoms with Crippen molar-refractivity contribution >= 4 is 18.3 Å². The highest BCUT2D eigenvalue weighted by Gasteiger charge is 2.26. The zero-order chi connectivity index (χ0) is 17.7. The van der Waals surface area contributed by atoms with E-state index in [4.69, 9.17) is 5.73 Å². The van der Waals surface area contributed by atoms with Crippen molar-refractivity contribution in [2.24, 2.45) is 5.73 Å². The number of hydrogen-bond acceptors (Lipinski definition) is 3. The minimum Gasteiger partial charge on any atom is -0.352 e. The Labute approximate surface area is 156 Å². The molecule has 0 aliphatic heterocycles. The monoisotopic (exact) mass is 364 g/mol. The molecular formula is C19H29ClN4O. The molecule has 0 bridgehead atoms. The summed E-state index contributed by atoms with van der Waals surface area (Å²) in [6, 6.07) is 8.11. The van der Waals surface area contributed by atoms with E-state index < -0.39 is 0 Å². The largest absolute Gasteiger partial charge is 0.352 e. The normalized spacial score (nSPS) is 11.1. The second kappa shape index (κ2) is 9.02. The third kappa shape index (κ3) is 5.58. The molecule has 5 nitrogen and oxygen atoms in total. The van der Waals surface area contributed by atoms with E-state index in [1.54, 1.807) is 4.68 Å². The number of hydrogen-bond donors (Lipinski definition) is 2. The maximum absolute atomic E-state index is 12.6. The van der Waals surface area contributed by atoms with Crippen LogP contribution in [0.15, 0.2) is 30.5 Å². The predicted molar refractivity (Wildman–Crippen MR) is 105 cm³/mol. The molecule has 2 aromatic rings. The van der Waals surface area contributed by atoms with Crippen molar-refractivity contribution in [2.75, 3.05) is 13.1 Å². The van der Waals surface area contributed by atoms with Crippen LogP contribution in [-0.4, -0.2) is 28.8 Å². The first-order chi connectivity index (χ1) is 11.3. The van der Waals surface area contributed by atoms with E-state index in [-0.39, 0.29) is 23.7 Å². The van der Waals surface area contributed by atoms with Gasteiger partial charge in [0.15, 0.2) is 0 Å². The molecule has 1 amide bonds. The van der Waals surface area contributed by atoms with Crippen molar-refractivity contribution in [3.05, 3.63) is 47.3 Å². The highest BCUT2D eigenvalue weighted by Crippen LogP contribution is 2.25. The smallest absolute Gasteiger partial charge is 0.254 e. The molecule has 138 valence electrons. The third-order valence-corrected chi connectivity index (χ3v) is 3.88. The van der Waals surface area contributed by atoms with Crippen LogP contribution in [0.3, 0.4) is 0 Å². The number of nitrogens with one attached hydrogen (secondary N) is 1. The van der Waals surface area contributed by atoms with Crippen molar-refractivity contribution in [3.63, 3.8) is 0 Å². The van der Waals surface area contributed by atoms with Crippen LogP contribution in [0.25, 0.3) is 5.69 Å². The van der Waals surface area contributed by atoms with Gasteiger partial charge in [-0.05, 0) is 38.4 Å². The Morgan fingerprint density at radius 1 is 1.20 bits per heavy atom. The van der Waals surface area contributed by atoms with Gasteiger partial charge in [0.2, 0.25) is 0 Å². The van der Waals surface area contributed by atoms with E-state index in [1.165, 1.54) is 5.56 Å². The zero-order valence-electron chi connectivity index (χ0n) is 15.5. The predicted octanol–water partition coefficient (Wildman–Crippen LogP) is 3.37. The second-order valence-electron chi connectivity index (χ2n) is 7.17. The maximum atomic E-state index is 12.6. The van der Waals surface area contributed by atoms with E-state index in [0.717, 1.165) is 24.2 Å². The van der Waals surface area contributed by atoms with Crippen molar-refractivity contribution in [3.8, 4) is 5.69 Å². The van der Waals surface area contributed by atoms with Gasteiger partial charge in [0.25, 0.3) is 5.91 Å². The van der Waals surface area contributed by atoms with Gasteiger partial charge in [-0.2, -0.15) is 5.10 Å². The van der Waals surface area contributed by atoms with Crippen LogP contribution in [0.5, 0.6) is 0 Å². The fraction of sp³-hybridized carbons (Fsp3) is 0.474. The molecule has 1 aromatic carbocycles. The number of amides is 1. The lowest BCUT2D eigenvalue weighted by Crippen LogP contribution is -2.27. The first kappa shape index (κ1) is 21.2. The number of aryl methyl sites for hydroxylation is 1. The number of carbonyl (C=O) groups is 1. The second-order valence-corrected chi connectivity index (χ2v) is 7.17. The number of benzene rings is 1. The summed E-state index contributed by atoms with van der Waals surface area (Å²) in [5.74, 6) is -0.0738. The van der Waals surface area contributed by atoms with Gasteiger partial charge in [0.1, 0.15) is 0 Å². The Morgan fingerprint density at radius 2 is 1.84 bits per heavy atom. The van der Waals surface area contributed by atoms with E-state index in [0.29, 0.717) is 18.7 Å². The topological polar surface area (TPSA) is 72.9 Å². The quantitative estimate of drug-likeness (QED) is 0.772. The van der Waals surface area contributed by atoms with Gasteiger partial charge < -0.3 is 11.1 Å². The lowest BCUT2D eigenvalue weighted by molar-refractivity contribution is 0.0951. The Morgan fingerprint density at radius 3 is 2.40 bits per heavy atom. The molecule has 1 heterocycles. The summed E-state index contributed by atoms with van der Waals surface area (Å²) in [7, 11) is 0. The van der Waals surface area contributed by atoms with Crippen LogP contribution in [0.4, 0.5) is 0 Å². The molecule has 0 atom stereocenters. The summed E-state index contributed by atoms with van der Waals surface area (Å²) in [6.07, 6.45) is 3.62. The van der Waals surface area contributed by atoms with Crippen LogP contribution in [0.2, 0.25) is 0 Å². The van der Waals surface area contributed by atoms with Crippen LogP contribution in [0, 0.1) is 6.92 Å². The lowest BCUT2D eigenvalue weighted by atomic mass is 9.89. The number of nitrogens with zero attached hydrogens (tertiary/aromatic N) is 2. The van der Waals surface area contributed by atoms with Crippen LogP contribution < -0.4 is 11.1 Å². The first-order valence-corrected chi connectivity index (χ1v) is 8.48. The molecule has 0 saturated heterocycles. The van der Waals surface area contributed by atoms with E-state index in [9.17, 15) is 4.79 Å². The lowest BCUT2D eigenvalue weighted by Gasteiger charge is -2.17. The minimum atomic E-state index is -0.208. The van der Waals surface area contributed by atoms with E-state index in [2.05, 4.69) is 31.2 Å². The molecule has 0 radical (unpaired) electrons. The summed E-state index contributed by atoms with van der Waals surface area (Å²) in [6.45, 7) is 9.54. The molecule has 25 heavy (non-hydrogen) atoms. The summed E-state index contributed by atoms with van der Waals surface area (Å²) >= 11 is 0. The zero-order valence-corrected chi connectivity index (χ0v) is 16.3. The highest BCUT2D eigenvalue weighted by atomic mass is 35.5. The maximum Gasteiger partial charge on any atom is 0.254 e. The van der Waals surface area contributed by atoms with Crippen molar-refractivity contribution in [1.29, 1.82) is 0 Å². The van der Waals surface area contributed by atoms with Gasteiger partial charge in [-0.1, -0.05) is 38.5 Å². The molecule has 0 aliphatic carbocycles. The fourth-order valence-electron chi connectivity index (χ4n) is 2.49. The Hall–Kier alpha value is -1.85. The van der Waals surface area contributed by atoms with Crippen molar-refractivity contribution in [2.45, 2.75) is 46.0 Å². The number of halogens is 1. The third-order valence-electron chi connectivity index (χ3n) is 3.88. The molecule has 2 rings (SSSR count). The molecule has 1 aromatic heterocycles. The van der Waals surface area contributed by atoms with Gasteiger partial charge in [-0.15, -0.1) is 12.4 Å². The number of carbonyl (C=O) groups excluding carboxylic acids is 1. The average molecular weight is 365 g/mol. The molecular weight excluding hydrogens is 336 g/mol. The molecule has 0 saturated carbocycles. The van der Waals surface area contributed by atoms with Crippen LogP contribution in [-0.2, 0) is 5.41 Å². The molecule has 0 fully saturated rings. The van der Waals surface area contributed by atoms with Crippen LogP contribution in [0.1, 0.15) is 55.2 Å². The minimum absolute atomic E-state index is 0. The van der Waals surface area contributed by atoms with Gasteiger partial charge in [-0.3, -0.25) is 4.79 Å². The standard InChI is InChI=1S/C19H28N4O.ClH/c1-14-7-9-15(10-8-14)23-13-16(17(22-23)19(2,3)4)18(24)21-12-6-5-11-20;/h7-10,13H,5-6,11-12,20H2,1-4H3,(H,21,24);1H. The summed E-state index contributed by atoms with van der Waals surface area (Å²) < 4.78 is 1.79. The molecule has 0 spiro atoms. The average Bonchev–Trinajstić information content (AvgIpc) is 2.98. The summed E-state index contributed by atoms with van der Waals surface area (Å²) in [5.41, 5.74) is 8.87. The van der Waals surface area contributed by atoms with E-state index >= 15 is 0 Å². The Balaban J connectivity index is 0.00000312. The molecule has 3 N–H and O–H groups in total. The number of nitrogens with two attached hydrogens (primary N) is 1. The summed E-state index contributed by atoms with van der Waals surface area (Å²) in [5, 5.41) is 7.66. The Kier molecular flexibility index (Phi) is 7.64. The fourth-order valence-corrected chi connectivity index (χ4v) is 2.49. The van der Waals surface area contributed by atoms with Crippen molar-refractivity contribution in [1.82, 2.24) is 15.1 Å². The van der Waals surface area contributed by atoms with Gasteiger partial charge in [-0.25, -0.2) is 4.68 Å². The molecule has 6 heteroatoms. The van der Waals surface area contributed by atoms with Crippen molar-refractivity contribution < 1.29 is 4.79 Å². The highest BCUT2D eigenvalue weighted by molar-refractivity contribution is 5.95. The molecule has 0 aliphatic rings.